The quantitative estimate of drug-likeness (QED) is 0.363. The van der Waals surface area contributed by atoms with Crippen molar-refractivity contribution in [3.8, 4) is 0 Å². The van der Waals surface area contributed by atoms with Crippen LogP contribution in [0.2, 0.25) is 0 Å². The predicted molar refractivity (Wildman–Crippen MR) is 126 cm³/mol. The number of hydrogen-bond acceptors (Lipinski definition) is 6. The van der Waals surface area contributed by atoms with Crippen molar-refractivity contribution in [3.05, 3.63) is 72.1 Å². The van der Waals surface area contributed by atoms with Crippen molar-refractivity contribution in [2.45, 2.75) is 43.9 Å². The van der Waals surface area contributed by atoms with Gasteiger partial charge in [-0.05, 0) is 49.4 Å². The number of hydrogen-bond donors (Lipinski definition) is 4. The molecule has 0 bridgehead atoms. The number of nitrogens with one attached hydrogen (secondary N) is 2. The lowest BCUT2D eigenvalue weighted by atomic mass is 9.93. The van der Waals surface area contributed by atoms with Crippen LogP contribution in [0.3, 0.4) is 0 Å². The molecule has 0 aliphatic heterocycles. The highest BCUT2D eigenvalue weighted by molar-refractivity contribution is 5.98. The summed E-state index contributed by atoms with van der Waals surface area (Å²) in [5, 5.41) is 26.0. The number of aromatic nitrogens is 3. The number of aliphatic hydroxyl groups is 2. The van der Waals surface area contributed by atoms with Gasteiger partial charge >= 0.3 is 0 Å². The molecule has 1 aliphatic carbocycles. The molecule has 8 heteroatoms. The van der Waals surface area contributed by atoms with E-state index in [1.807, 2.05) is 47.0 Å². The van der Waals surface area contributed by atoms with E-state index in [9.17, 15) is 15.0 Å². The van der Waals surface area contributed by atoms with Crippen LogP contribution in [0, 0.1) is 0 Å². The lowest BCUT2D eigenvalue weighted by molar-refractivity contribution is 0.0916. The minimum absolute atomic E-state index is 0.191. The number of amides is 1. The average Bonchev–Trinajstić information content (AvgIpc) is 3.35. The Balaban J connectivity index is 1.43. The van der Waals surface area contributed by atoms with E-state index in [0.29, 0.717) is 17.0 Å². The second-order valence-electron chi connectivity index (χ2n) is 8.55. The summed E-state index contributed by atoms with van der Waals surface area (Å²) in [6, 6.07) is 14.5. The molecule has 1 atom stereocenters. The summed E-state index contributed by atoms with van der Waals surface area (Å²) < 4.78 is 1.93. The first-order valence-electron chi connectivity index (χ1n) is 11.3. The van der Waals surface area contributed by atoms with Crippen LogP contribution in [0.15, 0.2) is 60.9 Å². The zero-order valence-electron chi connectivity index (χ0n) is 18.2. The Kier molecular flexibility index (Phi) is 5.93. The van der Waals surface area contributed by atoms with Crippen LogP contribution in [0.1, 0.15) is 47.6 Å². The van der Waals surface area contributed by atoms with Gasteiger partial charge in [-0.2, -0.15) is 0 Å². The molecule has 2 aromatic carbocycles. The Morgan fingerprint density at radius 2 is 1.91 bits per heavy atom. The molecule has 2 heterocycles. The van der Waals surface area contributed by atoms with E-state index in [1.54, 1.807) is 18.3 Å². The first-order chi connectivity index (χ1) is 16.1. The summed E-state index contributed by atoms with van der Waals surface area (Å²) in [4.78, 5) is 22.2. The first kappa shape index (κ1) is 21.4. The summed E-state index contributed by atoms with van der Waals surface area (Å²) >= 11 is 0. The molecular weight excluding hydrogens is 418 g/mol. The molecule has 8 nitrogen and oxygen atoms in total. The Bertz CT molecular complexity index is 1270. The van der Waals surface area contributed by atoms with Crippen LogP contribution in [0.5, 0.6) is 0 Å². The van der Waals surface area contributed by atoms with E-state index in [0.717, 1.165) is 42.3 Å². The Morgan fingerprint density at radius 3 is 2.67 bits per heavy atom. The van der Waals surface area contributed by atoms with Crippen molar-refractivity contribution < 1.29 is 15.0 Å². The molecule has 1 aliphatic rings. The van der Waals surface area contributed by atoms with Gasteiger partial charge in [0.25, 0.3) is 5.91 Å². The van der Waals surface area contributed by atoms with Crippen molar-refractivity contribution >= 4 is 28.4 Å². The zero-order valence-corrected chi connectivity index (χ0v) is 18.2. The molecule has 170 valence electrons. The maximum atomic E-state index is 13.0. The van der Waals surface area contributed by atoms with Crippen LogP contribution < -0.4 is 10.6 Å². The largest absolute Gasteiger partial charge is 0.394 e. The van der Waals surface area contributed by atoms with Crippen LogP contribution >= 0.6 is 0 Å². The highest BCUT2D eigenvalue weighted by atomic mass is 16.3. The first-order valence-corrected chi connectivity index (χ1v) is 11.3. The molecule has 4 N–H and O–H groups in total. The van der Waals surface area contributed by atoms with Crippen LogP contribution in [0.25, 0.3) is 16.7 Å². The molecule has 1 saturated carbocycles. The minimum atomic E-state index is -0.485. The topological polar surface area (TPSA) is 112 Å². The smallest absolute Gasteiger partial charge is 0.251 e. The standard InChI is InChI=1S/C25H27N5O3/c31-15-21(16-4-2-1-3-5-16)29-25(33)17-6-11-20-22(14-17)30-13-12-26-24(30)23(28-20)27-18-7-9-19(32)10-8-18/h1-6,11-14,18-19,21,31-32H,7-10,15H2,(H,27,28)(H,29,33)/t18?,19?,21-/m1/s1. The third-order valence-corrected chi connectivity index (χ3v) is 6.31. The summed E-state index contributed by atoms with van der Waals surface area (Å²) in [5.41, 5.74) is 3.55. The fourth-order valence-electron chi connectivity index (χ4n) is 4.47. The number of carbonyl (C=O) groups is 1. The second-order valence-corrected chi connectivity index (χ2v) is 8.55. The third-order valence-electron chi connectivity index (χ3n) is 6.31. The molecule has 0 spiro atoms. The molecule has 33 heavy (non-hydrogen) atoms. The van der Waals surface area contributed by atoms with Crippen molar-refractivity contribution in [1.82, 2.24) is 19.7 Å². The molecule has 0 radical (unpaired) electrons. The summed E-state index contributed by atoms with van der Waals surface area (Å²) in [5.74, 6) is 0.437. The highest BCUT2D eigenvalue weighted by Gasteiger charge is 2.22. The number of anilines is 1. The SMILES string of the molecule is O=C(N[C@H](CO)c1ccccc1)c1ccc2nc(NC3CCC(O)CC3)c3nccn3c2c1. The second kappa shape index (κ2) is 9.17. The molecular formula is C25H27N5O3. The van der Waals surface area contributed by atoms with E-state index in [1.165, 1.54) is 0 Å². The van der Waals surface area contributed by atoms with E-state index < -0.39 is 6.04 Å². The minimum Gasteiger partial charge on any atom is -0.394 e. The highest BCUT2D eigenvalue weighted by Crippen LogP contribution is 2.26. The fourth-order valence-corrected chi connectivity index (χ4v) is 4.47. The van der Waals surface area contributed by atoms with Crippen molar-refractivity contribution in [2.75, 3.05) is 11.9 Å². The van der Waals surface area contributed by atoms with Gasteiger partial charge in [-0.15, -0.1) is 0 Å². The van der Waals surface area contributed by atoms with Gasteiger partial charge in [0, 0.05) is 24.0 Å². The lowest BCUT2D eigenvalue weighted by Gasteiger charge is -2.26. The van der Waals surface area contributed by atoms with Crippen LogP contribution in [-0.2, 0) is 0 Å². The zero-order chi connectivity index (χ0) is 22.8. The van der Waals surface area contributed by atoms with Gasteiger partial charge in [0.05, 0.1) is 29.8 Å². The molecule has 4 aromatic rings. The lowest BCUT2D eigenvalue weighted by Crippen LogP contribution is -2.30. The number of carbonyl (C=O) groups excluding carboxylic acids is 1. The van der Waals surface area contributed by atoms with Crippen molar-refractivity contribution in [3.63, 3.8) is 0 Å². The third kappa shape index (κ3) is 4.40. The van der Waals surface area contributed by atoms with E-state index in [2.05, 4.69) is 15.6 Å². The number of fused-ring (bicyclic) bond motifs is 3. The van der Waals surface area contributed by atoms with Crippen molar-refractivity contribution in [2.24, 2.45) is 0 Å². The molecule has 1 fully saturated rings. The molecule has 2 aromatic heterocycles. The molecule has 5 rings (SSSR count). The van der Waals surface area contributed by atoms with E-state index >= 15 is 0 Å². The maximum absolute atomic E-state index is 13.0. The van der Waals surface area contributed by atoms with Gasteiger partial charge in [0.1, 0.15) is 0 Å². The molecule has 1 amide bonds. The van der Waals surface area contributed by atoms with Gasteiger partial charge in [0.15, 0.2) is 11.5 Å². The van der Waals surface area contributed by atoms with Gasteiger partial charge < -0.3 is 20.8 Å². The van der Waals surface area contributed by atoms with E-state index in [4.69, 9.17) is 4.98 Å². The van der Waals surface area contributed by atoms with E-state index in [-0.39, 0.29) is 24.7 Å². The van der Waals surface area contributed by atoms with Gasteiger partial charge in [-0.25, -0.2) is 9.97 Å². The number of rotatable bonds is 6. The Hall–Kier alpha value is -3.49. The fraction of sp³-hybridized carbons (Fsp3) is 0.320. The summed E-state index contributed by atoms with van der Waals surface area (Å²) in [6.45, 7) is -0.191. The normalized spacial score (nSPS) is 19.5. The number of aliphatic hydroxyl groups excluding tert-OH is 2. The summed E-state index contributed by atoms with van der Waals surface area (Å²) in [7, 11) is 0. The molecule has 0 unspecified atom stereocenters. The average molecular weight is 446 g/mol. The van der Waals surface area contributed by atoms with Gasteiger partial charge in [0.2, 0.25) is 0 Å². The van der Waals surface area contributed by atoms with Crippen molar-refractivity contribution in [1.29, 1.82) is 0 Å². The molecule has 0 saturated heterocycles. The number of nitrogens with zero attached hydrogens (tertiary/aromatic N) is 3. The summed E-state index contributed by atoms with van der Waals surface area (Å²) in [6.07, 6.45) is 6.71. The van der Waals surface area contributed by atoms with Crippen LogP contribution in [-0.4, -0.2) is 49.2 Å². The van der Waals surface area contributed by atoms with Gasteiger partial charge in [-0.3, -0.25) is 9.20 Å². The maximum Gasteiger partial charge on any atom is 0.251 e. The Labute approximate surface area is 191 Å². The number of benzene rings is 2. The monoisotopic (exact) mass is 445 g/mol. The predicted octanol–water partition coefficient (Wildman–Crippen LogP) is 3.06. The number of imidazole rings is 1. The van der Waals surface area contributed by atoms with Crippen LogP contribution in [0.4, 0.5) is 5.82 Å². The Morgan fingerprint density at radius 1 is 1.12 bits per heavy atom. The van der Waals surface area contributed by atoms with Gasteiger partial charge in [-0.1, -0.05) is 30.3 Å².